The fourth-order valence-electron chi connectivity index (χ4n) is 2.71. The topological polar surface area (TPSA) is 68.7 Å². The predicted molar refractivity (Wildman–Crippen MR) is 115 cm³/mol. The molecule has 0 fully saturated rings. The molecule has 0 spiro atoms. The van der Waals surface area contributed by atoms with Crippen LogP contribution >= 0.6 is 12.4 Å². The first-order valence-corrected chi connectivity index (χ1v) is 8.83. The highest BCUT2D eigenvalue weighted by atomic mass is 35.5. The van der Waals surface area contributed by atoms with Crippen molar-refractivity contribution in [1.82, 2.24) is 4.98 Å². The van der Waals surface area contributed by atoms with Gasteiger partial charge in [0.05, 0.1) is 7.11 Å². The molecule has 0 aliphatic carbocycles. The molecule has 0 atom stereocenters. The van der Waals surface area contributed by atoms with E-state index in [-0.39, 0.29) is 30.4 Å². The number of allylic oxidation sites excluding steroid dienone is 1. The molecule has 2 aromatic carbocycles. The number of ketones is 1. The molecule has 6 heteroatoms. The smallest absolute Gasteiger partial charge is 0.160 e. The van der Waals surface area contributed by atoms with Crippen molar-refractivity contribution in [3.8, 4) is 17.2 Å². The number of carbonyl (C=O) groups excluding carboxylic acids is 1. The number of phenolic OH excluding ortho intramolecular Hbond substituents is 1. The van der Waals surface area contributed by atoms with Gasteiger partial charge in [-0.1, -0.05) is 36.4 Å². The molecule has 0 unspecified atom stereocenters. The first-order valence-electron chi connectivity index (χ1n) is 8.83. The van der Waals surface area contributed by atoms with E-state index >= 15 is 0 Å². The highest BCUT2D eigenvalue weighted by molar-refractivity contribution is 5.95. The summed E-state index contributed by atoms with van der Waals surface area (Å²) in [5.74, 6) is 1.13. The minimum absolute atomic E-state index is 0. The lowest BCUT2D eigenvalue weighted by Gasteiger charge is -2.10. The number of phenols is 1. The van der Waals surface area contributed by atoms with Crippen molar-refractivity contribution in [2.24, 2.45) is 0 Å². The summed E-state index contributed by atoms with van der Waals surface area (Å²) in [7, 11) is 1.49. The number of aromatic hydroxyl groups is 1. The van der Waals surface area contributed by atoms with Crippen LogP contribution < -0.4 is 9.47 Å². The quantitative estimate of drug-likeness (QED) is 0.547. The molecule has 150 valence electrons. The van der Waals surface area contributed by atoms with Gasteiger partial charge in [0.25, 0.3) is 0 Å². The predicted octanol–water partition coefficient (Wildman–Crippen LogP) is 4.62. The zero-order chi connectivity index (χ0) is 19.8. The third kappa shape index (κ3) is 6.36. The number of hydrogen-bond acceptors (Lipinski definition) is 5. The van der Waals surface area contributed by atoms with Crippen LogP contribution in [0.4, 0.5) is 0 Å². The Morgan fingerprint density at radius 2 is 1.79 bits per heavy atom. The van der Waals surface area contributed by atoms with Gasteiger partial charge in [0.15, 0.2) is 17.3 Å². The summed E-state index contributed by atoms with van der Waals surface area (Å²) in [6.07, 6.45) is 6.81. The number of hydrogen-bond donors (Lipinski definition) is 1. The molecule has 5 nitrogen and oxygen atoms in total. The third-order valence-corrected chi connectivity index (χ3v) is 4.19. The molecule has 0 saturated heterocycles. The fraction of sp³-hybridized carbons (Fsp3) is 0.130. The SMILES string of the molecule is COc1ccc(/C=C/C(=O)Cc2ccccc2COc2ccncc2)cc1O.Cl. The van der Waals surface area contributed by atoms with Crippen molar-refractivity contribution in [3.05, 3.63) is 89.8 Å². The van der Waals surface area contributed by atoms with Gasteiger partial charge in [-0.3, -0.25) is 9.78 Å². The van der Waals surface area contributed by atoms with Gasteiger partial charge >= 0.3 is 0 Å². The number of benzene rings is 2. The first-order chi connectivity index (χ1) is 13.7. The Morgan fingerprint density at radius 3 is 2.48 bits per heavy atom. The minimum atomic E-state index is -0.0355. The van der Waals surface area contributed by atoms with Gasteiger partial charge in [-0.25, -0.2) is 0 Å². The number of carbonyl (C=O) groups is 1. The largest absolute Gasteiger partial charge is 0.504 e. The Kier molecular flexibility index (Phi) is 8.25. The van der Waals surface area contributed by atoms with E-state index in [4.69, 9.17) is 9.47 Å². The van der Waals surface area contributed by atoms with Gasteiger partial charge in [0.1, 0.15) is 12.4 Å². The van der Waals surface area contributed by atoms with Crippen LogP contribution in [-0.2, 0) is 17.8 Å². The van der Waals surface area contributed by atoms with Gasteiger partial charge < -0.3 is 14.6 Å². The Hall–Kier alpha value is -3.31. The summed E-state index contributed by atoms with van der Waals surface area (Å²) in [5, 5.41) is 9.82. The highest BCUT2D eigenvalue weighted by Gasteiger charge is 2.07. The average Bonchev–Trinajstić information content (AvgIpc) is 2.72. The van der Waals surface area contributed by atoms with E-state index in [0.717, 1.165) is 22.4 Å². The van der Waals surface area contributed by atoms with Crippen LogP contribution in [-0.4, -0.2) is 23.0 Å². The Balaban J connectivity index is 0.00000300. The lowest BCUT2D eigenvalue weighted by Crippen LogP contribution is -2.05. The van der Waals surface area contributed by atoms with Crippen molar-refractivity contribution in [1.29, 1.82) is 0 Å². The highest BCUT2D eigenvalue weighted by Crippen LogP contribution is 2.26. The van der Waals surface area contributed by atoms with E-state index in [9.17, 15) is 9.90 Å². The van der Waals surface area contributed by atoms with Crippen LogP contribution in [0.2, 0.25) is 0 Å². The first kappa shape index (κ1) is 22.0. The summed E-state index contributed by atoms with van der Waals surface area (Å²) in [6, 6.07) is 16.3. The van der Waals surface area contributed by atoms with E-state index in [1.807, 2.05) is 24.3 Å². The molecule has 1 heterocycles. The maximum Gasteiger partial charge on any atom is 0.160 e. The lowest BCUT2D eigenvalue weighted by atomic mass is 10.0. The van der Waals surface area contributed by atoms with Gasteiger partial charge in [0.2, 0.25) is 0 Å². The Morgan fingerprint density at radius 1 is 1.07 bits per heavy atom. The molecule has 0 bridgehead atoms. The zero-order valence-corrected chi connectivity index (χ0v) is 16.8. The second-order valence-corrected chi connectivity index (χ2v) is 6.15. The number of rotatable bonds is 8. The van der Waals surface area contributed by atoms with E-state index in [0.29, 0.717) is 12.4 Å². The lowest BCUT2D eigenvalue weighted by molar-refractivity contribution is -0.113. The molecular weight excluding hydrogens is 390 g/mol. The molecule has 3 aromatic rings. The van der Waals surface area contributed by atoms with Crippen molar-refractivity contribution in [3.63, 3.8) is 0 Å². The number of nitrogens with zero attached hydrogens (tertiary/aromatic N) is 1. The van der Waals surface area contributed by atoms with Crippen LogP contribution in [0.5, 0.6) is 17.2 Å². The molecule has 0 aliphatic heterocycles. The maximum absolute atomic E-state index is 12.4. The van der Waals surface area contributed by atoms with E-state index in [2.05, 4.69) is 4.98 Å². The summed E-state index contributed by atoms with van der Waals surface area (Å²) < 4.78 is 10.8. The number of pyridine rings is 1. The van der Waals surface area contributed by atoms with Crippen LogP contribution in [0.15, 0.2) is 73.1 Å². The maximum atomic E-state index is 12.4. The molecule has 0 aliphatic rings. The van der Waals surface area contributed by atoms with Crippen molar-refractivity contribution in [2.75, 3.05) is 7.11 Å². The summed E-state index contributed by atoms with van der Waals surface area (Å²) in [4.78, 5) is 16.4. The number of halogens is 1. The number of aromatic nitrogens is 1. The minimum Gasteiger partial charge on any atom is -0.504 e. The van der Waals surface area contributed by atoms with Crippen molar-refractivity contribution in [2.45, 2.75) is 13.0 Å². The molecule has 1 N–H and O–H groups in total. The van der Waals surface area contributed by atoms with E-state index in [1.54, 1.807) is 48.8 Å². The van der Waals surface area contributed by atoms with Gasteiger partial charge in [-0.2, -0.15) is 0 Å². The normalized spacial score (nSPS) is 10.4. The molecule has 3 rings (SSSR count). The second-order valence-electron chi connectivity index (χ2n) is 6.15. The molecule has 0 saturated carbocycles. The van der Waals surface area contributed by atoms with E-state index < -0.39 is 0 Å². The van der Waals surface area contributed by atoms with Crippen LogP contribution in [0.3, 0.4) is 0 Å². The summed E-state index contributed by atoms with van der Waals surface area (Å²) >= 11 is 0. The van der Waals surface area contributed by atoms with Crippen LogP contribution in [0.1, 0.15) is 16.7 Å². The third-order valence-electron chi connectivity index (χ3n) is 4.19. The zero-order valence-electron chi connectivity index (χ0n) is 15.9. The molecule has 0 amide bonds. The average molecular weight is 412 g/mol. The van der Waals surface area contributed by atoms with Crippen molar-refractivity contribution < 1.29 is 19.4 Å². The second kappa shape index (κ2) is 10.9. The van der Waals surface area contributed by atoms with Gasteiger partial charge in [-0.15, -0.1) is 12.4 Å². The molecule has 1 aromatic heterocycles. The van der Waals surface area contributed by atoms with Crippen molar-refractivity contribution >= 4 is 24.3 Å². The van der Waals surface area contributed by atoms with Crippen LogP contribution in [0.25, 0.3) is 6.08 Å². The molecule has 29 heavy (non-hydrogen) atoms. The monoisotopic (exact) mass is 411 g/mol. The number of ether oxygens (including phenoxy) is 2. The number of methoxy groups -OCH3 is 1. The Labute approximate surface area is 176 Å². The molecular formula is C23H22ClNO4. The van der Waals surface area contributed by atoms with Crippen LogP contribution in [0, 0.1) is 0 Å². The summed E-state index contributed by atoms with van der Waals surface area (Å²) in [5.41, 5.74) is 2.60. The fourth-order valence-corrected chi connectivity index (χ4v) is 2.71. The molecule has 0 radical (unpaired) electrons. The Bertz CT molecular complexity index is 974. The van der Waals surface area contributed by atoms with Gasteiger partial charge in [0, 0.05) is 18.8 Å². The summed E-state index contributed by atoms with van der Waals surface area (Å²) in [6.45, 7) is 0.379. The van der Waals surface area contributed by atoms with E-state index in [1.165, 1.54) is 13.2 Å². The van der Waals surface area contributed by atoms with Gasteiger partial charge in [-0.05, 0) is 47.0 Å². The standard InChI is InChI=1S/C23H21NO4.ClH/c1-27-23-9-7-17(14-22(23)26)6-8-20(25)15-18-4-2-3-5-19(18)16-28-21-10-12-24-13-11-21;/h2-14,26H,15-16H2,1H3;1H/b8-6+;.